The maximum absolute atomic E-state index is 4.60. The van der Waals surface area contributed by atoms with Gasteiger partial charge in [-0.25, -0.2) is 15.0 Å². The Morgan fingerprint density at radius 2 is 1.72 bits per heavy atom. The van der Waals surface area contributed by atoms with E-state index >= 15 is 0 Å². The normalized spacial score (nSPS) is 11.3. The van der Waals surface area contributed by atoms with Gasteiger partial charge in [0.1, 0.15) is 11.8 Å². The number of hydrogen-bond acceptors (Lipinski definition) is 3. The summed E-state index contributed by atoms with van der Waals surface area (Å²) in [5.41, 5.74) is 2.70. The summed E-state index contributed by atoms with van der Waals surface area (Å²) in [5, 5.41) is 3.57. The summed E-state index contributed by atoms with van der Waals surface area (Å²) in [6, 6.07) is 14.5. The number of nitrogens with zero attached hydrogens (tertiary/aromatic N) is 3. The summed E-state index contributed by atoms with van der Waals surface area (Å²) in [5.74, 6) is 0. The number of pyridine rings is 1. The van der Waals surface area contributed by atoms with E-state index in [-0.39, 0.29) is 0 Å². The molecule has 0 N–H and O–H groups in total. The van der Waals surface area contributed by atoms with Crippen molar-refractivity contribution in [3.05, 3.63) is 55.0 Å². The van der Waals surface area contributed by atoms with Crippen LogP contribution in [-0.4, -0.2) is 15.0 Å². The van der Waals surface area contributed by atoms with Crippen LogP contribution in [0.5, 0.6) is 0 Å². The molecule has 0 saturated heterocycles. The van der Waals surface area contributed by atoms with E-state index in [9.17, 15) is 0 Å². The summed E-state index contributed by atoms with van der Waals surface area (Å²) in [7, 11) is 0. The maximum Gasteiger partial charge on any atom is 0.116 e. The van der Waals surface area contributed by atoms with Crippen LogP contribution in [0.3, 0.4) is 0 Å². The molecule has 4 rings (SSSR count). The third-order valence-electron chi connectivity index (χ3n) is 3.19. The Morgan fingerprint density at radius 3 is 2.72 bits per heavy atom. The smallest absolute Gasteiger partial charge is 0.116 e. The average Bonchev–Trinajstić information content (AvgIpc) is 2.45. The van der Waals surface area contributed by atoms with Crippen LogP contribution < -0.4 is 0 Å². The first-order chi connectivity index (χ1) is 8.92. The highest BCUT2D eigenvalue weighted by Crippen LogP contribution is 2.26. The van der Waals surface area contributed by atoms with Gasteiger partial charge in [-0.05, 0) is 22.9 Å². The van der Waals surface area contributed by atoms with Crippen molar-refractivity contribution in [2.75, 3.05) is 0 Å². The van der Waals surface area contributed by atoms with E-state index in [1.165, 1.54) is 10.8 Å². The fraction of sp³-hybridized carbons (Fsp3) is 0. The van der Waals surface area contributed by atoms with Crippen molar-refractivity contribution in [2.45, 2.75) is 0 Å². The zero-order chi connectivity index (χ0) is 11.9. The molecule has 2 heterocycles. The molecule has 2 aromatic heterocycles. The highest BCUT2D eigenvalue weighted by Gasteiger charge is 2.04. The second kappa shape index (κ2) is 3.47. The van der Waals surface area contributed by atoms with Gasteiger partial charge >= 0.3 is 0 Å². The van der Waals surface area contributed by atoms with Crippen molar-refractivity contribution >= 4 is 32.7 Å². The van der Waals surface area contributed by atoms with Crippen molar-refractivity contribution in [1.29, 1.82) is 0 Å². The molecule has 0 unspecified atom stereocenters. The second-order valence-corrected chi connectivity index (χ2v) is 4.27. The lowest BCUT2D eigenvalue weighted by molar-refractivity contribution is 1.21. The van der Waals surface area contributed by atoms with Gasteiger partial charge in [-0.3, -0.25) is 0 Å². The lowest BCUT2D eigenvalue weighted by Crippen LogP contribution is -1.87. The SMILES string of the molecule is c1ccc2c(c1)ccc1nc3cncnc3cc12. The molecule has 0 bridgehead atoms. The first kappa shape index (κ1) is 9.48. The predicted octanol–water partition coefficient (Wildman–Crippen LogP) is 3.33. The van der Waals surface area contributed by atoms with Gasteiger partial charge < -0.3 is 0 Å². The molecule has 0 radical (unpaired) electrons. The monoisotopic (exact) mass is 231 g/mol. The third-order valence-corrected chi connectivity index (χ3v) is 3.19. The maximum atomic E-state index is 4.60. The van der Waals surface area contributed by atoms with E-state index in [1.54, 1.807) is 12.5 Å². The topological polar surface area (TPSA) is 38.7 Å². The van der Waals surface area contributed by atoms with Gasteiger partial charge in [0, 0.05) is 5.39 Å². The van der Waals surface area contributed by atoms with E-state index in [0.717, 1.165) is 21.9 Å². The highest BCUT2D eigenvalue weighted by atomic mass is 14.9. The number of fused-ring (bicyclic) bond motifs is 4. The van der Waals surface area contributed by atoms with Crippen LogP contribution in [0.1, 0.15) is 0 Å². The third kappa shape index (κ3) is 1.27. The molecule has 3 heteroatoms. The van der Waals surface area contributed by atoms with E-state index in [0.29, 0.717) is 0 Å². The zero-order valence-corrected chi connectivity index (χ0v) is 9.54. The zero-order valence-electron chi connectivity index (χ0n) is 9.54. The molecule has 0 atom stereocenters. The number of aromatic nitrogens is 3. The van der Waals surface area contributed by atoms with Crippen LogP contribution in [0.15, 0.2) is 55.0 Å². The average molecular weight is 231 g/mol. The lowest BCUT2D eigenvalue weighted by Gasteiger charge is -2.04. The van der Waals surface area contributed by atoms with Crippen molar-refractivity contribution in [3.63, 3.8) is 0 Å². The van der Waals surface area contributed by atoms with Crippen LogP contribution in [0, 0.1) is 0 Å². The quantitative estimate of drug-likeness (QED) is 0.344. The van der Waals surface area contributed by atoms with Gasteiger partial charge in [0.05, 0.1) is 17.2 Å². The molecule has 84 valence electrons. The van der Waals surface area contributed by atoms with Crippen LogP contribution in [-0.2, 0) is 0 Å². The standard InChI is InChI=1S/C15H9N3/c1-2-4-11-10(3-1)5-6-13-12(11)7-14-15(18-13)8-16-9-17-14/h1-9H. The molecule has 0 aliphatic heterocycles. The van der Waals surface area contributed by atoms with Crippen molar-refractivity contribution < 1.29 is 0 Å². The molecule has 3 nitrogen and oxygen atoms in total. The number of benzene rings is 2. The second-order valence-electron chi connectivity index (χ2n) is 4.27. The minimum Gasteiger partial charge on any atom is -0.244 e. The largest absolute Gasteiger partial charge is 0.244 e. The molecule has 0 amide bonds. The Bertz CT molecular complexity index is 878. The fourth-order valence-corrected chi connectivity index (χ4v) is 2.33. The van der Waals surface area contributed by atoms with Crippen LogP contribution in [0.4, 0.5) is 0 Å². The van der Waals surface area contributed by atoms with E-state index < -0.39 is 0 Å². The number of hydrogen-bond donors (Lipinski definition) is 0. The van der Waals surface area contributed by atoms with Crippen LogP contribution in [0.25, 0.3) is 32.7 Å². The molecule has 4 aromatic rings. The Balaban J connectivity index is 2.27. The molecule has 18 heavy (non-hydrogen) atoms. The Morgan fingerprint density at radius 1 is 0.778 bits per heavy atom. The first-order valence-electron chi connectivity index (χ1n) is 5.80. The molecule has 0 aliphatic rings. The van der Waals surface area contributed by atoms with E-state index in [4.69, 9.17) is 0 Å². The molecular weight excluding hydrogens is 222 g/mol. The summed E-state index contributed by atoms with van der Waals surface area (Å²) >= 11 is 0. The molecular formula is C15H9N3. The molecule has 0 fully saturated rings. The van der Waals surface area contributed by atoms with Crippen molar-refractivity contribution in [3.8, 4) is 0 Å². The summed E-state index contributed by atoms with van der Waals surface area (Å²) in [6.45, 7) is 0. The van der Waals surface area contributed by atoms with E-state index in [2.05, 4.69) is 39.2 Å². The Kier molecular flexibility index (Phi) is 1.83. The molecule has 2 aromatic carbocycles. The minimum atomic E-state index is 0.834. The van der Waals surface area contributed by atoms with Gasteiger partial charge in [0.2, 0.25) is 0 Å². The summed E-state index contributed by atoms with van der Waals surface area (Å²) < 4.78 is 0. The van der Waals surface area contributed by atoms with Gasteiger partial charge in [-0.2, -0.15) is 0 Å². The van der Waals surface area contributed by atoms with Gasteiger partial charge in [0.15, 0.2) is 0 Å². The van der Waals surface area contributed by atoms with Gasteiger partial charge in [-0.1, -0.05) is 30.3 Å². The summed E-state index contributed by atoms with van der Waals surface area (Å²) in [6.07, 6.45) is 3.30. The molecule has 0 spiro atoms. The molecule has 0 aliphatic carbocycles. The van der Waals surface area contributed by atoms with Crippen molar-refractivity contribution in [2.24, 2.45) is 0 Å². The lowest BCUT2D eigenvalue weighted by atomic mass is 10.0. The fourth-order valence-electron chi connectivity index (χ4n) is 2.33. The predicted molar refractivity (Wildman–Crippen MR) is 72.3 cm³/mol. The Labute approximate surface area is 103 Å². The first-order valence-corrected chi connectivity index (χ1v) is 5.80. The Hall–Kier alpha value is -2.55. The van der Waals surface area contributed by atoms with Crippen LogP contribution in [0.2, 0.25) is 0 Å². The van der Waals surface area contributed by atoms with E-state index in [1.807, 2.05) is 18.2 Å². The molecule has 0 saturated carbocycles. The summed E-state index contributed by atoms with van der Waals surface area (Å²) in [4.78, 5) is 12.9. The van der Waals surface area contributed by atoms with Gasteiger partial charge in [0.25, 0.3) is 0 Å². The minimum absolute atomic E-state index is 0.834. The van der Waals surface area contributed by atoms with Crippen molar-refractivity contribution in [1.82, 2.24) is 15.0 Å². The highest BCUT2D eigenvalue weighted by molar-refractivity contribution is 6.08. The van der Waals surface area contributed by atoms with Crippen LogP contribution >= 0.6 is 0 Å². The number of rotatable bonds is 0. The van der Waals surface area contributed by atoms with Gasteiger partial charge in [-0.15, -0.1) is 0 Å².